The van der Waals surface area contributed by atoms with Crippen molar-refractivity contribution in [2.45, 2.75) is 6.42 Å². The molecule has 0 aliphatic carbocycles. The number of aromatic amines is 1. The molecule has 0 unspecified atom stereocenters. The smallest absolute Gasteiger partial charge is 0.0606 e. The van der Waals surface area contributed by atoms with Crippen molar-refractivity contribution < 1.29 is 5.11 Å². The molecule has 22 heavy (non-hydrogen) atoms. The Kier molecular flexibility index (Phi) is 4.30. The second-order valence-corrected chi connectivity index (χ2v) is 5.38. The van der Waals surface area contributed by atoms with Gasteiger partial charge < -0.3 is 20.7 Å². The molecule has 114 valence electrons. The number of nitrogen functional groups attached to an aromatic ring is 1. The maximum absolute atomic E-state index is 9.33. The van der Waals surface area contributed by atoms with Gasteiger partial charge >= 0.3 is 0 Å². The zero-order valence-corrected chi connectivity index (χ0v) is 12.5. The molecule has 0 fully saturated rings. The first-order valence-electron chi connectivity index (χ1n) is 7.55. The van der Waals surface area contributed by atoms with Gasteiger partial charge in [0.2, 0.25) is 0 Å². The van der Waals surface area contributed by atoms with Crippen molar-refractivity contribution in [1.82, 2.24) is 4.98 Å². The molecule has 1 heterocycles. The number of nitrogens with one attached hydrogen (secondary N) is 1. The maximum Gasteiger partial charge on any atom is 0.0606 e. The average Bonchev–Trinajstić information content (AvgIpc) is 2.95. The molecule has 4 heteroatoms. The van der Waals surface area contributed by atoms with Crippen molar-refractivity contribution >= 4 is 22.3 Å². The number of para-hydroxylation sites is 3. The number of aliphatic hydroxyl groups is 1. The number of rotatable bonds is 6. The molecule has 0 saturated heterocycles. The van der Waals surface area contributed by atoms with Crippen LogP contribution in [0.5, 0.6) is 0 Å². The zero-order valence-electron chi connectivity index (χ0n) is 12.5. The highest BCUT2D eigenvalue weighted by molar-refractivity contribution is 5.83. The van der Waals surface area contributed by atoms with E-state index >= 15 is 0 Å². The number of aliphatic hydroxyl groups excluding tert-OH is 1. The number of nitrogens with two attached hydrogens (primary N) is 1. The lowest BCUT2D eigenvalue weighted by atomic mass is 10.1. The lowest BCUT2D eigenvalue weighted by Gasteiger charge is -2.25. The summed E-state index contributed by atoms with van der Waals surface area (Å²) < 4.78 is 0. The highest BCUT2D eigenvalue weighted by Gasteiger charge is 2.10. The largest absolute Gasteiger partial charge is 0.397 e. The molecule has 2 aromatic carbocycles. The SMILES string of the molecule is Nc1ccccc1N(CCO)CCc1c[nH]c2ccccc12. The van der Waals surface area contributed by atoms with Crippen molar-refractivity contribution in [1.29, 1.82) is 0 Å². The van der Waals surface area contributed by atoms with Crippen molar-refractivity contribution in [2.75, 3.05) is 30.3 Å². The Morgan fingerprint density at radius 1 is 1.00 bits per heavy atom. The van der Waals surface area contributed by atoms with Gasteiger partial charge in [0.1, 0.15) is 0 Å². The van der Waals surface area contributed by atoms with Crippen LogP contribution in [-0.4, -0.2) is 29.8 Å². The van der Waals surface area contributed by atoms with Crippen LogP contribution in [0.2, 0.25) is 0 Å². The molecule has 4 N–H and O–H groups in total. The molecule has 0 bridgehead atoms. The van der Waals surface area contributed by atoms with E-state index in [-0.39, 0.29) is 6.61 Å². The summed E-state index contributed by atoms with van der Waals surface area (Å²) in [4.78, 5) is 5.44. The highest BCUT2D eigenvalue weighted by atomic mass is 16.3. The Hall–Kier alpha value is -2.46. The Morgan fingerprint density at radius 3 is 2.59 bits per heavy atom. The van der Waals surface area contributed by atoms with Crippen molar-refractivity contribution in [3.8, 4) is 0 Å². The summed E-state index contributed by atoms with van der Waals surface area (Å²) in [6.07, 6.45) is 2.97. The van der Waals surface area contributed by atoms with Gasteiger partial charge in [0.05, 0.1) is 18.0 Å². The van der Waals surface area contributed by atoms with Crippen LogP contribution in [0.1, 0.15) is 5.56 Å². The van der Waals surface area contributed by atoms with Gasteiger partial charge in [-0.15, -0.1) is 0 Å². The van der Waals surface area contributed by atoms with Crippen LogP contribution in [0.3, 0.4) is 0 Å². The van der Waals surface area contributed by atoms with E-state index in [1.165, 1.54) is 10.9 Å². The summed E-state index contributed by atoms with van der Waals surface area (Å²) in [6, 6.07) is 16.1. The third kappa shape index (κ3) is 2.92. The summed E-state index contributed by atoms with van der Waals surface area (Å²) in [5.74, 6) is 0. The van der Waals surface area contributed by atoms with E-state index in [0.717, 1.165) is 29.9 Å². The van der Waals surface area contributed by atoms with Gasteiger partial charge in [-0.3, -0.25) is 0 Å². The van der Waals surface area contributed by atoms with Gasteiger partial charge in [-0.05, 0) is 30.2 Å². The summed E-state index contributed by atoms with van der Waals surface area (Å²) >= 11 is 0. The van der Waals surface area contributed by atoms with Gasteiger partial charge in [-0.1, -0.05) is 30.3 Å². The molecule has 3 rings (SSSR count). The number of H-pyrrole nitrogens is 1. The van der Waals surface area contributed by atoms with Crippen molar-refractivity contribution in [2.24, 2.45) is 0 Å². The van der Waals surface area contributed by atoms with Crippen LogP contribution in [0.25, 0.3) is 10.9 Å². The van der Waals surface area contributed by atoms with Crippen LogP contribution < -0.4 is 10.6 Å². The summed E-state index contributed by atoms with van der Waals surface area (Å²) in [6.45, 7) is 1.51. The van der Waals surface area contributed by atoms with Crippen LogP contribution in [0, 0.1) is 0 Å². The third-order valence-corrected chi connectivity index (χ3v) is 3.97. The standard InChI is InChI=1S/C18H21N3O/c19-16-6-2-4-8-18(16)21(11-12-22)10-9-14-13-20-17-7-3-1-5-15(14)17/h1-8,13,20,22H,9-12,19H2. The molecular formula is C18H21N3O. The topological polar surface area (TPSA) is 65.3 Å². The van der Waals surface area contributed by atoms with Crippen molar-refractivity contribution in [3.05, 3.63) is 60.3 Å². The van der Waals surface area contributed by atoms with Gasteiger partial charge in [-0.2, -0.15) is 0 Å². The molecule has 3 aromatic rings. The molecule has 1 aromatic heterocycles. The summed E-state index contributed by atoms with van der Waals surface area (Å²) in [7, 11) is 0. The molecule has 0 spiro atoms. The molecule has 0 aliphatic heterocycles. The predicted molar refractivity (Wildman–Crippen MR) is 92.2 cm³/mol. The van der Waals surface area contributed by atoms with E-state index in [9.17, 15) is 5.11 Å². The fourth-order valence-electron chi connectivity index (χ4n) is 2.84. The quantitative estimate of drug-likeness (QED) is 0.613. The number of hydrogen-bond acceptors (Lipinski definition) is 3. The van der Waals surface area contributed by atoms with E-state index in [0.29, 0.717) is 6.54 Å². The van der Waals surface area contributed by atoms with E-state index in [4.69, 9.17) is 5.73 Å². The summed E-state index contributed by atoms with van der Waals surface area (Å²) in [5.41, 5.74) is 10.2. The van der Waals surface area contributed by atoms with Gasteiger partial charge in [-0.25, -0.2) is 0 Å². The summed E-state index contributed by atoms with van der Waals surface area (Å²) in [5, 5.41) is 10.6. The molecule has 0 saturated carbocycles. The molecule has 0 radical (unpaired) electrons. The number of nitrogens with zero attached hydrogens (tertiary/aromatic N) is 1. The maximum atomic E-state index is 9.33. The molecule has 0 amide bonds. The Bertz CT molecular complexity index is 751. The highest BCUT2D eigenvalue weighted by Crippen LogP contribution is 2.24. The monoisotopic (exact) mass is 295 g/mol. The number of aromatic nitrogens is 1. The number of benzene rings is 2. The van der Waals surface area contributed by atoms with E-state index in [2.05, 4.69) is 34.3 Å². The molecule has 0 aliphatic rings. The first-order valence-corrected chi connectivity index (χ1v) is 7.55. The second-order valence-electron chi connectivity index (χ2n) is 5.38. The molecule has 0 atom stereocenters. The Balaban J connectivity index is 1.79. The molecular weight excluding hydrogens is 274 g/mol. The minimum Gasteiger partial charge on any atom is -0.397 e. The Morgan fingerprint density at radius 2 is 1.77 bits per heavy atom. The molecule has 4 nitrogen and oxygen atoms in total. The average molecular weight is 295 g/mol. The third-order valence-electron chi connectivity index (χ3n) is 3.97. The van der Waals surface area contributed by atoms with E-state index < -0.39 is 0 Å². The van der Waals surface area contributed by atoms with Crippen LogP contribution in [-0.2, 0) is 6.42 Å². The zero-order chi connectivity index (χ0) is 15.4. The minimum atomic E-state index is 0.113. The number of fused-ring (bicyclic) bond motifs is 1. The van der Waals surface area contributed by atoms with Crippen LogP contribution >= 0.6 is 0 Å². The predicted octanol–water partition coefficient (Wildman–Crippen LogP) is 2.79. The fraction of sp³-hybridized carbons (Fsp3) is 0.222. The number of anilines is 2. The second kappa shape index (κ2) is 6.54. The normalized spacial score (nSPS) is 11.0. The van der Waals surface area contributed by atoms with Crippen LogP contribution in [0.15, 0.2) is 54.7 Å². The number of hydrogen-bond donors (Lipinski definition) is 3. The minimum absolute atomic E-state index is 0.113. The van der Waals surface area contributed by atoms with Gasteiger partial charge in [0, 0.05) is 30.2 Å². The van der Waals surface area contributed by atoms with Gasteiger partial charge in [0.25, 0.3) is 0 Å². The lowest BCUT2D eigenvalue weighted by Crippen LogP contribution is -2.29. The van der Waals surface area contributed by atoms with Crippen LogP contribution in [0.4, 0.5) is 11.4 Å². The Labute approximate surface area is 130 Å². The van der Waals surface area contributed by atoms with E-state index in [1.54, 1.807) is 0 Å². The van der Waals surface area contributed by atoms with E-state index in [1.807, 2.05) is 30.3 Å². The first-order chi connectivity index (χ1) is 10.8. The van der Waals surface area contributed by atoms with Gasteiger partial charge in [0.15, 0.2) is 0 Å². The van der Waals surface area contributed by atoms with Crippen molar-refractivity contribution in [3.63, 3.8) is 0 Å². The fourth-order valence-corrected chi connectivity index (χ4v) is 2.84. The first kappa shape index (κ1) is 14.5. The lowest BCUT2D eigenvalue weighted by molar-refractivity contribution is 0.302.